The lowest BCUT2D eigenvalue weighted by atomic mass is 10.0. The maximum Gasteiger partial charge on any atom is 0.0736 e. The molecule has 0 aromatic rings. The van der Waals surface area contributed by atoms with Gasteiger partial charge in [-0.1, -0.05) is 19.8 Å². The standard InChI is InChI=1S/C11H20N2/c1-5-11(9(2)3)13-7-6-12-10(4)8-13/h1,9-12H,6-8H2,2-4H3. The molecule has 2 unspecified atom stereocenters. The van der Waals surface area contributed by atoms with Gasteiger partial charge < -0.3 is 5.32 Å². The van der Waals surface area contributed by atoms with Gasteiger partial charge >= 0.3 is 0 Å². The highest BCUT2D eigenvalue weighted by Gasteiger charge is 2.23. The van der Waals surface area contributed by atoms with Crippen molar-refractivity contribution < 1.29 is 0 Å². The Kier molecular flexibility index (Phi) is 3.77. The summed E-state index contributed by atoms with van der Waals surface area (Å²) in [5.41, 5.74) is 0. The lowest BCUT2D eigenvalue weighted by molar-refractivity contribution is 0.151. The van der Waals surface area contributed by atoms with E-state index in [1.54, 1.807) is 0 Å². The van der Waals surface area contributed by atoms with Crippen LogP contribution >= 0.6 is 0 Å². The molecule has 0 radical (unpaired) electrons. The summed E-state index contributed by atoms with van der Waals surface area (Å²) in [6, 6.07) is 0.882. The van der Waals surface area contributed by atoms with E-state index in [0.29, 0.717) is 18.0 Å². The maximum atomic E-state index is 5.54. The molecule has 1 saturated heterocycles. The third-order valence-corrected chi connectivity index (χ3v) is 2.60. The zero-order chi connectivity index (χ0) is 9.84. The van der Waals surface area contributed by atoms with E-state index < -0.39 is 0 Å². The number of nitrogens with one attached hydrogen (secondary N) is 1. The van der Waals surface area contributed by atoms with E-state index in [1.807, 2.05) is 0 Å². The molecule has 1 heterocycles. The summed E-state index contributed by atoms with van der Waals surface area (Å²) in [5.74, 6) is 3.44. The first kappa shape index (κ1) is 10.6. The first-order valence-electron chi connectivity index (χ1n) is 5.08. The van der Waals surface area contributed by atoms with Crippen LogP contribution < -0.4 is 5.32 Å². The molecule has 74 valence electrons. The first-order chi connectivity index (χ1) is 6.15. The third kappa shape index (κ3) is 2.72. The lowest BCUT2D eigenvalue weighted by Gasteiger charge is -2.37. The van der Waals surface area contributed by atoms with Gasteiger partial charge in [0.2, 0.25) is 0 Å². The quantitative estimate of drug-likeness (QED) is 0.636. The fraction of sp³-hybridized carbons (Fsp3) is 0.818. The SMILES string of the molecule is C#CC(C(C)C)N1CCNC(C)C1. The highest BCUT2D eigenvalue weighted by molar-refractivity contribution is 5.02. The van der Waals surface area contributed by atoms with Gasteiger partial charge in [-0.2, -0.15) is 0 Å². The monoisotopic (exact) mass is 180 g/mol. The highest BCUT2D eigenvalue weighted by Crippen LogP contribution is 2.12. The highest BCUT2D eigenvalue weighted by atomic mass is 15.2. The maximum absolute atomic E-state index is 5.54. The van der Waals surface area contributed by atoms with Crippen LogP contribution in [0.25, 0.3) is 0 Å². The van der Waals surface area contributed by atoms with Crippen LogP contribution in [0.4, 0.5) is 0 Å². The van der Waals surface area contributed by atoms with Crippen LogP contribution in [0.5, 0.6) is 0 Å². The van der Waals surface area contributed by atoms with Crippen molar-refractivity contribution in [1.82, 2.24) is 10.2 Å². The van der Waals surface area contributed by atoms with E-state index >= 15 is 0 Å². The molecule has 1 aliphatic heterocycles. The van der Waals surface area contributed by atoms with Crippen molar-refractivity contribution in [2.75, 3.05) is 19.6 Å². The normalized spacial score (nSPS) is 27.2. The Bertz CT molecular complexity index is 193. The molecule has 0 bridgehead atoms. The summed E-state index contributed by atoms with van der Waals surface area (Å²) in [7, 11) is 0. The van der Waals surface area contributed by atoms with Crippen molar-refractivity contribution in [3.8, 4) is 12.3 Å². The molecule has 0 amide bonds. The molecule has 1 N–H and O–H groups in total. The van der Waals surface area contributed by atoms with Gasteiger partial charge in [0.1, 0.15) is 0 Å². The number of piperazine rings is 1. The second kappa shape index (κ2) is 4.64. The van der Waals surface area contributed by atoms with E-state index in [2.05, 4.69) is 36.9 Å². The Balaban J connectivity index is 2.54. The van der Waals surface area contributed by atoms with Crippen LogP contribution in [0.15, 0.2) is 0 Å². The van der Waals surface area contributed by atoms with E-state index in [4.69, 9.17) is 6.42 Å². The van der Waals surface area contributed by atoms with Crippen LogP contribution in [0.1, 0.15) is 20.8 Å². The van der Waals surface area contributed by atoms with Gasteiger partial charge in [0.25, 0.3) is 0 Å². The molecule has 1 fully saturated rings. The molecule has 2 nitrogen and oxygen atoms in total. The van der Waals surface area contributed by atoms with Crippen molar-refractivity contribution in [3.05, 3.63) is 0 Å². The van der Waals surface area contributed by atoms with Gasteiger partial charge in [0.15, 0.2) is 0 Å². The smallest absolute Gasteiger partial charge is 0.0736 e. The van der Waals surface area contributed by atoms with Crippen molar-refractivity contribution in [2.24, 2.45) is 5.92 Å². The van der Waals surface area contributed by atoms with E-state index in [-0.39, 0.29) is 0 Å². The van der Waals surface area contributed by atoms with Crippen LogP contribution in [-0.2, 0) is 0 Å². The van der Waals surface area contributed by atoms with Crippen LogP contribution in [0, 0.1) is 18.3 Å². The summed E-state index contributed by atoms with van der Waals surface area (Å²) in [6.07, 6.45) is 5.54. The van der Waals surface area contributed by atoms with E-state index in [1.165, 1.54) is 0 Å². The van der Waals surface area contributed by atoms with Crippen molar-refractivity contribution >= 4 is 0 Å². The number of nitrogens with zero attached hydrogens (tertiary/aromatic N) is 1. The fourth-order valence-corrected chi connectivity index (χ4v) is 1.93. The number of rotatable bonds is 2. The summed E-state index contributed by atoms with van der Waals surface area (Å²) in [5, 5.41) is 3.42. The summed E-state index contributed by atoms with van der Waals surface area (Å²) in [6.45, 7) is 9.81. The molecule has 0 aromatic carbocycles. The van der Waals surface area contributed by atoms with Crippen molar-refractivity contribution in [3.63, 3.8) is 0 Å². The minimum atomic E-state index is 0.310. The molecule has 13 heavy (non-hydrogen) atoms. The zero-order valence-electron chi connectivity index (χ0n) is 8.88. The lowest BCUT2D eigenvalue weighted by Crippen LogP contribution is -2.53. The molecule has 0 spiro atoms. The Morgan fingerprint density at radius 1 is 1.54 bits per heavy atom. The minimum absolute atomic E-state index is 0.310. The van der Waals surface area contributed by atoms with Crippen LogP contribution in [0.3, 0.4) is 0 Å². The number of hydrogen-bond acceptors (Lipinski definition) is 2. The second-order valence-electron chi connectivity index (χ2n) is 4.21. The molecular weight excluding hydrogens is 160 g/mol. The van der Waals surface area contributed by atoms with E-state index in [0.717, 1.165) is 19.6 Å². The van der Waals surface area contributed by atoms with Crippen LogP contribution in [0.2, 0.25) is 0 Å². The van der Waals surface area contributed by atoms with E-state index in [9.17, 15) is 0 Å². The number of hydrogen-bond donors (Lipinski definition) is 1. The average Bonchev–Trinajstić information content (AvgIpc) is 2.04. The summed E-state index contributed by atoms with van der Waals surface area (Å²) < 4.78 is 0. The average molecular weight is 180 g/mol. The number of terminal acetylenes is 1. The molecule has 2 heteroatoms. The summed E-state index contributed by atoms with van der Waals surface area (Å²) in [4.78, 5) is 2.41. The predicted octanol–water partition coefficient (Wildman–Crippen LogP) is 0.938. The molecule has 2 atom stereocenters. The minimum Gasteiger partial charge on any atom is -0.312 e. The molecule has 1 rings (SSSR count). The van der Waals surface area contributed by atoms with Crippen molar-refractivity contribution in [2.45, 2.75) is 32.9 Å². The van der Waals surface area contributed by atoms with Gasteiger partial charge in [-0.05, 0) is 12.8 Å². The topological polar surface area (TPSA) is 15.3 Å². The second-order valence-corrected chi connectivity index (χ2v) is 4.21. The fourth-order valence-electron chi connectivity index (χ4n) is 1.93. The zero-order valence-corrected chi connectivity index (χ0v) is 8.88. The van der Waals surface area contributed by atoms with Crippen molar-refractivity contribution in [1.29, 1.82) is 0 Å². The van der Waals surface area contributed by atoms with Gasteiger partial charge in [-0.15, -0.1) is 6.42 Å². The molecular formula is C11H20N2. The Hall–Kier alpha value is -0.520. The Labute approximate surface area is 81.7 Å². The van der Waals surface area contributed by atoms with Crippen LogP contribution in [-0.4, -0.2) is 36.6 Å². The summed E-state index contributed by atoms with van der Waals surface area (Å²) >= 11 is 0. The molecule has 1 aliphatic rings. The first-order valence-corrected chi connectivity index (χ1v) is 5.08. The third-order valence-electron chi connectivity index (χ3n) is 2.60. The Morgan fingerprint density at radius 3 is 2.69 bits per heavy atom. The van der Waals surface area contributed by atoms with Gasteiger partial charge in [0.05, 0.1) is 6.04 Å². The van der Waals surface area contributed by atoms with Gasteiger partial charge in [0, 0.05) is 25.7 Å². The largest absolute Gasteiger partial charge is 0.312 e. The Morgan fingerprint density at radius 2 is 2.23 bits per heavy atom. The molecule has 0 saturated carbocycles. The molecule has 0 aliphatic carbocycles. The molecule has 0 aromatic heterocycles. The van der Waals surface area contributed by atoms with Gasteiger partial charge in [-0.25, -0.2) is 0 Å². The predicted molar refractivity (Wildman–Crippen MR) is 56.5 cm³/mol. The van der Waals surface area contributed by atoms with Gasteiger partial charge in [-0.3, -0.25) is 4.90 Å².